The zero-order chi connectivity index (χ0) is 29.0. The van der Waals surface area contributed by atoms with E-state index >= 15 is 0 Å². The van der Waals surface area contributed by atoms with Crippen molar-refractivity contribution in [3.05, 3.63) is 0 Å². The number of hydrogen-bond acceptors (Lipinski definition) is 13. The van der Waals surface area contributed by atoms with E-state index in [1.165, 1.54) is 20.8 Å². The number of ether oxygens (including phenoxy) is 8. The summed E-state index contributed by atoms with van der Waals surface area (Å²) in [5.41, 5.74) is 0. The van der Waals surface area contributed by atoms with Crippen LogP contribution in [0.4, 0.5) is 4.79 Å². The molecule has 2 N–H and O–H groups in total. The van der Waals surface area contributed by atoms with Gasteiger partial charge in [-0.15, -0.1) is 0 Å². The third-order valence-corrected chi connectivity index (χ3v) is 5.37. The molecule has 2 fully saturated rings. The first kappa shape index (κ1) is 32.2. The molecule has 15 heteroatoms. The minimum absolute atomic E-state index is 0.0249. The quantitative estimate of drug-likeness (QED) is 0.173. The van der Waals surface area contributed by atoms with Crippen molar-refractivity contribution in [3.8, 4) is 0 Å². The first-order valence-electron chi connectivity index (χ1n) is 12.6. The smallest absolute Gasteiger partial charge is 0.407 e. The number of carbonyl (C=O) groups excluding carboxylic acids is 5. The van der Waals surface area contributed by atoms with Crippen LogP contribution < -0.4 is 10.6 Å². The van der Waals surface area contributed by atoms with Crippen LogP contribution in [0.1, 0.15) is 47.5 Å². The Labute approximate surface area is 226 Å². The van der Waals surface area contributed by atoms with E-state index in [1.807, 2.05) is 0 Å². The Morgan fingerprint density at radius 3 is 2.21 bits per heavy atom. The molecule has 2 amide bonds. The predicted octanol–water partition coefficient (Wildman–Crippen LogP) is -0.0715. The van der Waals surface area contributed by atoms with Crippen molar-refractivity contribution in [1.29, 1.82) is 0 Å². The Morgan fingerprint density at radius 1 is 0.897 bits per heavy atom. The van der Waals surface area contributed by atoms with Gasteiger partial charge in [0, 0.05) is 40.3 Å². The van der Waals surface area contributed by atoms with Gasteiger partial charge < -0.3 is 48.5 Å². The van der Waals surface area contributed by atoms with Crippen molar-refractivity contribution in [2.75, 3.05) is 39.5 Å². The summed E-state index contributed by atoms with van der Waals surface area (Å²) in [6, 6.07) is 0. The van der Waals surface area contributed by atoms with Crippen LogP contribution >= 0.6 is 0 Å². The van der Waals surface area contributed by atoms with Crippen molar-refractivity contribution in [3.63, 3.8) is 0 Å². The van der Waals surface area contributed by atoms with Crippen molar-refractivity contribution in [1.82, 2.24) is 10.6 Å². The molecule has 2 aliphatic rings. The summed E-state index contributed by atoms with van der Waals surface area (Å²) in [5.74, 6) is -3.00. The van der Waals surface area contributed by atoms with E-state index < -0.39 is 60.3 Å². The molecule has 5 atom stereocenters. The van der Waals surface area contributed by atoms with Gasteiger partial charge in [-0.05, 0) is 20.3 Å². The van der Waals surface area contributed by atoms with Gasteiger partial charge in [-0.3, -0.25) is 19.2 Å². The highest BCUT2D eigenvalue weighted by atomic mass is 16.8. The van der Waals surface area contributed by atoms with Crippen LogP contribution in [0.15, 0.2) is 0 Å². The second kappa shape index (κ2) is 15.5. The molecule has 0 spiro atoms. The average molecular weight is 563 g/mol. The molecular formula is C24H38N2O13. The van der Waals surface area contributed by atoms with E-state index in [2.05, 4.69) is 10.6 Å². The fourth-order valence-corrected chi connectivity index (χ4v) is 3.80. The predicted molar refractivity (Wildman–Crippen MR) is 129 cm³/mol. The van der Waals surface area contributed by atoms with Gasteiger partial charge in [0.25, 0.3) is 0 Å². The van der Waals surface area contributed by atoms with Crippen LogP contribution in [0.2, 0.25) is 0 Å². The lowest BCUT2D eigenvalue weighted by atomic mass is 10.0. The number of rotatable bonds is 13. The average Bonchev–Trinajstić information content (AvgIpc) is 3.19. The van der Waals surface area contributed by atoms with E-state index in [9.17, 15) is 24.0 Å². The molecule has 39 heavy (non-hydrogen) atoms. The van der Waals surface area contributed by atoms with Gasteiger partial charge in [0.05, 0.1) is 6.61 Å². The molecule has 0 aromatic rings. The summed E-state index contributed by atoms with van der Waals surface area (Å²) in [4.78, 5) is 58.4. The van der Waals surface area contributed by atoms with Gasteiger partial charge in [0.15, 0.2) is 18.2 Å². The number of carbonyl (C=O) groups is 5. The van der Waals surface area contributed by atoms with Crippen LogP contribution in [0.3, 0.4) is 0 Å². The zero-order valence-electron chi connectivity index (χ0n) is 22.9. The van der Waals surface area contributed by atoms with Gasteiger partial charge in [0.2, 0.25) is 5.91 Å². The fraction of sp³-hybridized carbons (Fsp3) is 0.792. The van der Waals surface area contributed by atoms with Crippen LogP contribution in [0.5, 0.6) is 0 Å². The van der Waals surface area contributed by atoms with E-state index in [0.717, 1.165) is 0 Å². The second-order valence-electron chi connectivity index (χ2n) is 9.35. The summed E-state index contributed by atoms with van der Waals surface area (Å²) < 4.78 is 42.8. The van der Waals surface area contributed by atoms with Gasteiger partial charge in [-0.25, -0.2) is 4.79 Å². The van der Waals surface area contributed by atoms with Crippen molar-refractivity contribution in [2.24, 2.45) is 0 Å². The zero-order valence-corrected chi connectivity index (χ0v) is 22.9. The highest BCUT2D eigenvalue weighted by Crippen LogP contribution is 2.27. The first-order valence-corrected chi connectivity index (χ1v) is 12.6. The third kappa shape index (κ3) is 12.6. The standard InChI is InChI=1S/C24H38N2O13/c1-14(27)32-12-19-22(37-16(3)29)18(36-15(2)28)9-21(38-19)33-13-20(30)25-7-6-8-26-23(31)34-10-17-11-35-24(4,5)39-17/h17-19,21-22H,6-13H2,1-5H3,(H,25,30)(H,26,31)/t17-,18+,19+,21+,22+/m0/s1. The molecule has 0 aliphatic carbocycles. The maximum absolute atomic E-state index is 12.2. The van der Waals surface area contributed by atoms with Gasteiger partial charge in [0.1, 0.15) is 38.1 Å². The molecule has 0 radical (unpaired) electrons. The van der Waals surface area contributed by atoms with Crippen LogP contribution in [0.25, 0.3) is 0 Å². The lowest BCUT2D eigenvalue weighted by Gasteiger charge is -2.39. The summed E-state index contributed by atoms with van der Waals surface area (Å²) in [6.07, 6.45) is -4.51. The summed E-state index contributed by atoms with van der Waals surface area (Å²) in [6.45, 7) is 7.37. The SMILES string of the molecule is CC(=O)OC[C@H]1O[C@@H](OCC(=O)NCCCNC(=O)OC[C@H]2COC(C)(C)O2)C[C@@H](OC(C)=O)[C@H]1OC(C)=O. The highest BCUT2D eigenvalue weighted by Gasteiger charge is 2.44. The number of hydrogen-bond donors (Lipinski definition) is 2. The summed E-state index contributed by atoms with van der Waals surface area (Å²) in [7, 11) is 0. The Kier molecular flexibility index (Phi) is 12.8. The fourth-order valence-electron chi connectivity index (χ4n) is 3.80. The summed E-state index contributed by atoms with van der Waals surface area (Å²) >= 11 is 0. The molecule has 0 saturated carbocycles. The molecule has 0 aromatic carbocycles. The largest absolute Gasteiger partial charge is 0.463 e. The molecular weight excluding hydrogens is 524 g/mol. The number of amides is 2. The topological polar surface area (TPSA) is 183 Å². The van der Waals surface area contributed by atoms with E-state index in [4.69, 9.17) is 37.9 Å². The molecule has 2 saturated heterocycles. The van der Waals surface area contributed by atoms with Gasteiger partial charge in [-0.2, -0.15) is 0 Å². The molecule has 0 aromatic heterocycles. The van der Waals surface area contributed by atoms with E-state index in [-0.39, 0.29) is 45.4 Å². The second-order valence-corrected chi connectivity index (χ2v) is 9.35. The normalized spacial score (nSPS) is 25.7. The van der Waals surface area contributed by atoms with E-state index in [1.54, 1.807) is 13.8 Å². The van der Waals surface area contributed by atoms with Crippen LogP contribution in [-0.4, -0.2) is 106 Å². The Balaban J connectivity index is 1.70. The highest BCUT2D eigenvalue weighted by molar-refractivity contribution is 5.77. The number of nitrogens with one attached hydrogen (secondary N) is 2. The molecule has 222 valence electrons. The molecule has 2 heterocycles. The van der Waals surface area contributed by atoms with Gasteiger partial charge in [-0.1, -0.05) is 0 Å². The summed E-state index contributed by atoms with van der Waals surface area (Å²) in [5, 5.41) is 5.21. The maximum atomic E-state index is 12.2. The minimum atomic E-state index is -1.04. The van der Waals surface area contributed by atoms with Crippen molar-refractivity contribution >= 4 is 29.9 Å². The Bertz CT molecular complexity index is 865. The van der Waals surface area contributed by atoms with Crippen LogP contribution in [-0.2, 0) is 57.1 Å². The monoisotopic (exact) mass is 562 g/mol. The van der Waals surface area contributed by atoms with Gasteiger partial charge >= 0.3 is 24.0 Å². The number of alkyl carbamates (subject to hydrolysis) is 1. The molecule has 0 bridgehead atoms. The third-order valence-electron chi connectivity index (χ3n) is 5.37. The lowest BCUT2D eigenvalue weighted by molar-refractivity contribution is -0.264. The van der Waals surface area contributed by atoms with Crippen molar-refractivity contribution in [2.45, 2.75) is 84.0 Å². The van der Waals surface area contributed by atoms with E-state index in [0.29, 0.717) is 13.0 Å². The van der Waals surface area contributed by atoms with Crippen molar-refractivity contribution < 1.29 is 61.9 Å². The maximum Gasteiger partial charge on any atom is 0.407 e. The Morgan fingerprint density at radius 2 is 1.59 bits per heavy atom. The molecule has 2 aliphatic heterocycles. The lowest BCUT2D eigenvalue weighted by Crippen LogP contribution is -2.54. The first-order chi connectivity index (χ1) is 18.3. The minimum Gasteiger partial charge on any atom is -0.463 e. The molecule has 2 rings (SSSR count). The molecule has 0 unspecified atom stereocenters. The van der Waals surface area contributed by atoms with Crippen LogP contribution in [0, 0.1) is 0 Å². The molecule has 15 nitrogen and oxygen atoms in total. The number of esters is 3. The Hall–Kier alpha value is -3.01.